The van der Waals surface area contributed by atoms with Gasteiger partial charge in [-0.2, -0.15) is 0 Å². The summed E-state index contributed by atoms with van der Waals surface area (Å²) >= 11 is 4.80. The fourth-order valence-electron chi connectivity index (χ4n) is 1.03. The monoisotopic (exact) mass is 210 g/mol. The molecular formula is C10H10O3S. The molecule has 0 saturated carbocycles. The number of aliphatic hydroxyl groups excluding tert-OH is 1. The van der Waals surface area contributed by atoms with Crippen LogP contribution in [0.2, 0.25) is 0 Å². The average Bonchev–Trinajstić information content (AvgIpc) is 2.18. The summed E-state index contributed by atoms with van der Waals surface area (Å²) in [5.74, 6) is -1.30. The highest BCUT2D eigenvalue weighted by atomic mass is 32.1. The van der Waals surface area contributed by atoms with Gasteiger partial charge in [0.15, 0.2) is 6.10 Å². The second kappa shape index (κ2) is 4.83. The number of carbonyl (C=O) groups is 1. The van der Waals surface area contributed by atoms with E-state index in [1.54, 1.807) is 0 Å². The maximum absolute atomic E-state index is 10.4. The highest BCUT2D eigenvalue weighted by Crippen LogP contribution is 2.03. The first-order chi connectivity index (χ1) is 6.61. The zero-order valence-corrected chi connectivity index (χ0v) is 8.20. The number of aliphatic hydroxyl groups is 1. The average molecular weight is 210 g/mol. The standard InChI is InChI=1S/C10H10O3S/c11-9(10(12)13)8(14)6-7-4-2-1-3-5-7/h1-5,9,11H,6H2,(H,12,13). The summed E-state index contributed by atoms with van der Waals surface area (Å²) in [7, 11) is 0. The second-order valence-corrected chi connectivity index (χ2v) is 3.39. The van der Waals surface area contributed by atoms with Crippen LogP contribution < -0.4 is 0 Å². The van der Waals surface area contributed by atoms with Gasteiger partial charge in [-0.1, -0.05) is 42.5 Å². The zero-order chi connectivity index (χ0) is 10.6. The van der Waals surface area contributed by atoms with Crippen molar-refractivity contribution >= 4 is 23.1 Å². The summed E-state index contributed by atoms with van der Waals surface area (Å²) in [5.41, 5.74) is 0.901. The van der Waals surface area contributed by atoms with Gasteiger partial charge in [0.25, 0.3) is 0 Å². The topological polar surface area (TPSA) is 57.5 Å². The van der Waals surface area contributed by atoms with E-state index < -0.39 is 12.1 Å². The van der Waals surface area contributed by atoms with Gasteiger partial charge in [-0.15, -0.1) is 0 Å². The minimum absolute atomic E-state index is 0.128. The van der Waals surface area contributed by atoms with Crippen LogP contribution in [0, 0.1) is 0 Å². The van der Waals surface area contributed by atoms with Crippen molar-refractivity contribution in [3.05, 3.63) is 35.9 Å². The molecule has 1 aromatic carbocycles. The molecule has 0 fully saturated rings. The molecule has 0 aliphatic heterocycles. The summed E-state index contributed by atoms with van der Waals surface area (Å²) in [6, 6.07) is 9.21. The molecule has 0 aromatic heterocycles. The Kier molecular flexibility index (Phi) is 3.73. The van der Waals surface area contributed by atoms with Gasteiger partial charge in [0.05, 0.1) is 0 Å². The van der Waals surface area contributed by atoms with Crippen molar-refractivity contribution in [1.82, 2.24) is 0 Å². The van der Waals surface area contributed by atoms with Gasteiger partial charge in [-0.05, 0) is 5.56 Å². The van der Waals surface area contributed by atoms with Gasteiger partial charge >= 0.3 is 5.97 Å². The van der Waals surface area contributed by atoms with Gasteiger partial charge in [0.1, 0.15) is 0 Å². The molecule has 1 unspecified atom stereocenters. The van der Waals surface area contributed by atoms with E-state index in [1.165, 1.54) is 0 Å². The molecule has 0 amide bonds. The Morgan fingerprint density at radius 3 is 2.43 bits per heavy atom. The predicted octanol–water partition coefficient (Wildman–Crippen LogP) is 1.04. The Labute approximate surface area is 87.0 Å². The third kappa shape index (κ3) is 2.90. The van der Waals surface area contributed by atoms with Crippen LogP contribution in [-0.4, -0.2) is 27.2 Å². The first-order valence-corrected chi connectivity index (χ1v) is 4.49. The molecule has 0 saturated heterocycles. The fraction of sp³-hybridized carbons (Fsp3) is 0.200. The minimum atomic E-state index is -1.55. The number of aliphatic carboxylic acids is 1. The number of carboxylic acids is 1. The SMILES string of the molecule is O=C(O)C(O)C(=S)Cc1ccccc1. The van der Waals surface area contributed by atoms with Crippen LogP contribution in [0.25, 0.3) is 0 Å². The number of hydrogen-bond donors (Lipinski definition) is 2. The summed E-state index contributed by atoms with van der Waals surface area (Å²) < 4.78 is 0. The number of rotatable bonds is 4. The lowest BCUT2D eigenvalue weighted by molar-refractivity contribution is -0.142. The van der Waals surface area contributed by atoms with E-state index in [4.69, 9.17) is 22.4 Å². The van der Waals surface area contributed by atoms with Gasteiger partial charge in [-0.3, -0.25) is 0 Å². The van der Waals surface area contributed by atoms with E-state index in [1.807, 2.05) is 30.3 Å². The number of hydrogen-bond acceptors (Lipinski definition) is 3. The number of thiocarbonyl (C=S) groups is 1. The number of benzene rings is 1. The summed E-state index contributed by atoms with van der Waals surface area (Å²) in [6.07, 6.45) is -1.24. The Balaban J connectivity index is 2.62. The molecule has 1 aromatic rings. The van der Waals surface area contributed by atoms with Crippen molar-refractivity contribution < 1.29 is 15.0 Å². The molecule has 4 heteroatoms. The van der Waals surface area contributed by atoms with E-state index in [0.29, 0.717) is 6.42 Å². The minimum Gasteiger partial charge on any atom is -0.479 e. The second-order valence-electron chi connectivity index (χ2n) is 2.87. The van der Waals surface area contributed by atoms with E-state index in [9.17, 15) is 4.79 Å². The van der Waals surface area contributed by atoms with Crippen LogP contribution in [0.5, 0.6) is 0 Å². The number of carboxylic acid groups (broad SMARTS) is 1. The van der Waals surface area contributed by atoms with Gasteiger partial charge in [0, 0.05) is 11.3 Å². The molecule has 74 valence electrons. The quantitative estimate of drug-likeness (QED) is 0.729. The van der Waals surface area contributed by atoms with Crippen LogP contribution in [0.1, 0.15) is 5.56 Å². The van der Waals surface area contributed by atoms with Crippen molar-refractivity contribution in [3.8, 4) is 0 Å². The van der Waals surface area contributed by atoms with Crippen molar-refractivity contribution in [2.75, 3.05) is 0 Å². The van der Waals surface area contributed by atoms with Crippen molar-refractivity contribution in [3.63, 3.8) is 0 Å². The predicted molar refractivity (Wildman–Crippen MR) is 56.4 cm³/mol. The van der Waals surface area contributed by atoms with Crippen molar-refractivity contribution in [2.45, 2.75) is 12.5 Å². The molecule has 1 atom stereocenters. The Hall–Kier alpha value is -1.26. The lowest BCUT2D eigenvalue weighted by Crippen LogP contribution is -2.29. The van der Waals surface area contributed by atoms with E-state index >= 15 is 0 Å². The van der Waals surface area contributed by atoms with Crippen LogP contribution in [0.3, 0.4) is 0 Å². The zero-order valence-electron chi connectivity index (χ0n) is 7.38. The summed E-state index contributed by atoms with van der Waals surface area (Å²) in [6.45, 7) is 0. The van der Waals surface area contributed by atoms with E-state index in [2.05, 4.69) is 0 Å². The Morgan fingerprint density at radius 2 is 1.93 bits per heavy atom. The Morgan fingerprint density at radius 1 is 1.36 bits per heavy atom. The molecule has 0 aliphatic carbocycles. The summed E-state index contributed by atoms with van der Waals surface area (Å²) in [4.78, 5) is 10.5. The van der Waals surface area contributed by atoms with Crippen LogP contribution >= 0.6 is 12.2 Å². The summed E-state index contributed by atoms with van der Waals surface area (Å²) in [5, 5.41) is 17.6. The fourth-order valence-corrected chi connectivity index (χ4v) is 1.30. The van der Waals surface area contributed by atoms with Crippen LogP contribution in [0.15, 0.2) is 30.3 Å². The maximum atomic E-state index is 10.4. The Bertz CT molecular complexity index is 334. The molecular weight excluding hydrogens is 200 g/mol. The molecule has 2 N–H and O–H groups in total. The molecule has 0 spiro atoms. The van der Waals surface area contributed by atoms with E-state index in [-0.39, 0.29) is 4.86 Å². The first kappa shape index (κ1) is 10.8. The highest BCUT2D eigenvalue weighted by molar-refractivity contribution is 7.80. The third-order valence-electron chi connectivity index (χ3n) is 1.76. The molecule has 0 bridgehead atoms. The van der Waals surface area contributed by atoms with Crippen molar-refractivity contribution in [1.29, 1.82) is 0 Å². The molecule has 14 heavy (non-hydrogen) atoms. The lowest BCUT2D eigenvalue weighted by Gasteiger charge is -2.06. The maximum Gasteiger partial charge on any atom is 0.337 e. The molecule has 1 rings (SSSR count). The smallest absolute Gasteiger partial charge is 0.337 e. The van der Waals surface area contributed by atoms with Gasteiger partial charge < -0.3 is 10.2 Å². The molecule has 0 radical (unpaired) electrons. The normalized spacial score (nSPS) is 12.1. The largest absolute Gasteiger partial charge is 0.479 e. The highest BCUT2D eigenvalue weighted by Gasteiger charge is 2.18. The van der Waals surface area contributed by atoms with Gasteiger partial charge in [-0.25, -0.2) is 4.79 Å². The van der Waals surface area contributed by atoms with Crippen molar-refractivity contribution in [2.24, 2.45) is 0 Å². The lowest BCUT2D eigenvalue weighted by atomic mass is 10.1. The van der Waals surface area contributed by atoms with Gasteiger partial charge in [0.2, 0.25) is 0 Å². The molecule has 3 nitrogen and oxygen atoms in total. The molecule has 0 aliphatic rings. The van der Waals surface area contributed by atoms with Crippen LogP contribution in [-0.2, 0) is 11.2 Å². The van der Waals surface area contributed by atoms with E-state index in [0.717, 1.165) is 5.56 Å². The third-order valence-corrected chi connectivity index (χ3v) is 2.13. The molecule has 0 heterocycles. The van der Waals surface area contributed by atoms with Crippen LogP contribution in [0.4, 0.5) is 0 Å². The first-order valence-electron chi connectivity index (χ1n) is 4.09.